The molecule has 1 atom stereocenters. The van der Waals surface area contributed by atoms with Crippen LogP contribution < -0.4 is 9.64 Å². The van der Waals surface area contributed by atoms with E-state index >= 15 is 0 Å². The van der Waals surface area contributed by atoms with E-state index in [0.29, 0.717) is 21.1 Å². The molecule has 0 spiro atoms. The molecular weight excluding hydrogens is 483 g/mol. The first kappa shape index (κ1) is 23.7. The van der Waals surface area contributed by atoms with Crippen molar-refractivity contribution in [1.29, 1.82) is 0 Å². The number of carbonyl (C=O) groups is 2. The zero-order valence-electron chi connectivity index (χ0n) is 18.4. The number of aliphatic hydroxyl groups is 1. The maximum absolute atomic E-state index is 13.8. The summed E-state index contributed by atoms with van der Waals surface area (Å²) in [4.78, 5) is 32.6. The topological polar surface area (TPSA) is 100.0 Å². The molecule has 4 rings (SSSR count). The number of hydrogen-bond acceptors (Lipinski definition) is 7. The average Bonchev–Trinajstić information content (AvgIpc) is 3.27. The van der Waals surface area contributed by atoms with Crippen molar-refractivity contribution in [3.63, 3.8) is 0 Å². The third kappa shape index (κ3) is 4.01. The Bertz CT molecular complexity index is 1350. The Morgan fingerprint density at radius 3 is 2.59 bits per heavy atom. The molecule has 0 saturated carbocycles. The number of aromatic nitrogens is 1. The Morgan fingerprint density at radius 1 is 1.24 bits per heavy atom. The molecule has 1 aliphatic rings. The summed E-state index contributed by atoms with van der Waals surface area (Å²) in [6.45, 7) is 5.43. The van der Waals surface area contributed by atoms with Crippen molar-refractivity contribution in [2.75, 3.05) is 11.5 Å². The van der Waals surface area contributed by atoms with E-state index < -0.39 is 29.3 Å². The van der Waals surface area contributed by atoms with Crippen LogP contribution in [0.25, 0.3) is 0 Å². The third-order valence-corrected chi connectivity index (χ3v) is 6.70. The van der Waals surface area contributed by atoms with Crippen LogP contribution in [0.4, 0.5) is 10.1 Å². The number of rotatable bonds is 6. The number of nitrogens with zero attached hydrogens (tertiary/aromatic N) is 2. The molecule has 7 nitrogen and oxygen atoms in total. The summed E-state index contributed by atoms with van der Waals surface area (Å²) < 4.78 is 19.3. The Labute approximate surface area is 203 Å². The number of anilines is 1. The highest BCUT2D eigenvalue weighted by Gasteiger charge is 2.45. The van der Waals surface area contributed by atoms with Crippen molar-refractivity contribution in [2.45, 2.75) is 26.8 Å². The van der Waals surface area contributed by atoms with Gasteiger partial charge in [-0.25, -0.2) is 9.37 Å². The summed E-state index contributed by atoms with van der Waals surface area (Å²) >= 11 is 7.11. The summed E-state index contributed by atoms with van der Waals surface area (Å²) in [5.41, 5.74) is 0.883. The van der Waals surface area contributed by atoms with Crippen molar-refractivity contribution < 1.29 is 28.9 Å². The number of benzene rings is 2. The van der Waals surface area contributed by atoms with Gasteiger partial charge in [0.05, 0.1) is 38.8 Å². The molecule has 0 radical (unpaired) electrons. The molecule has 2 aromatic carbocycles. The predicted octanol–water partition coefficient (Wildman–Crippen LogP) is 5.44. The number of thiazole rings is 1. The molecule has 34 heavy (non-hydrogen) atoms. The van der Waals surface area contributed by atoms with E-state index in [9.17, 15) is 24.2 Å². The average molecular weight is 503 g/mol. The van der Waals surface area contributed by atoms with Gasteiger partial charge in [-0.1, -0.05) is 17.7 Å². The van der Waals surface area contributed by atoms with Crippen LogP contribution in [0.2, 0.25) is 5.02 Å². The highest BCUT2D eigenvalue weighted by molar-refractivity contribution is 7.14. The maximum Gasteiger partial charge on any atom is 0.294 e. The molecule has 0 saturated heterocycles. The van der Waals surface area contributed by atoms with Crippen LogP contribution in [0.3, 0.4) is 0 Å². The largest absolute Gasteiger partial charge is 0.504 e. The second kappa shape index (κ2) is 9.08. The summed E-state index contributed by atoms with van der Waals surface area (Å²) in [5, 5.41) is 21.5. The number of phenols is 1. The van der Waals surface area contributed by atoms with Crippen LogP contribution in [0.1, 0.15) is 38.9 Å². The lowest BCUT2D eigenvalue weighted by Gasteiger charge is -2.27. The molecule has 2 heterocycles. The van der Waals surface area contributed by atoms with Crippen LogP contribution in [-0.4, -0.2) is 33.5 Å². The zero-order valence-corrected chi connectivity index (χ0v) is 20.0. The first-order valence-electron chi connectivity index (χ1n) is 10.3. The van der Waals surface area contributed by atoms with Gasteiger partial charge in [0.15, 0.2) is 17.3 Å². The van der Waals surface area contributed by atoms with Crippen molar-refractivity contribution in [3.8, 4) is 11.5 Å². The number of aromatic hydroxyl groups is 1. The first-order chi connectivity index (χ1) is 16.1. The number of Topliss-reactive ketones (excluding diaryl/α,β-unsaturated/α-hetero) is 1. The van der Waals surface area contributed by atoms with E-state index in [1.165, 1.54) is 35.2 Å². The smallest absolute Gasteiger partial charge is 0.294 e. The van der Waals surface area contributed by atoms with Crippen molar-refractivity contribution in [3.05, 3.63) is 79.7 Å². The zero-order chi connectivity index (χ0) is 24.7. The van der Waals surface area contributed by atoms with Crippen molar-refractivity contribution in [1.82, 2.24) is 4.98 Å². The number of aryl methyl sites for hydroxylation is 2. The van der Waals surface area contributed by atoms with Gasteiger partial charge in [0.25, 0.3) is 5.91 Å². The number of ketones is 1. The van der Waals surface area contributed by atoms with Gasteiger partial charge in [0.1, 0.15) is 5.82 Å². The highest BCUT2D eigenvalue weighted by Crippen LogP contribution is 2.45. The van der Waals surface area contributed by atoms with Gasteiger partial charge in [-0.3, -0.25) is 14.5 Å². The van der Waals surface area contributed by atoms with Gasteiger partial charge < -0.3 is 14.9 Å². The molecule has 3 aromatic rings. The minimum atomic E-state index is -1.09. The van der Waals surface area contributed by atoms with Gasteiger partial charge in [-0.2, -0.15) is 0 Å². The minimum absolute atomic E-state index is 0.124. The number of aliphatic hydroxyl groups excluding tert-OH is 1. The van der Waals surface area contributed by atoms with Crippen LogP contribution >= 0.6 is 22.9 Å². The van der Waals surface area contributed by atoms with Crippen LogP contribution in [0.5, 0.6) is 11.5 Å². The number of carbonyl (C=O) groups excluding carboxylic acids is 2. The molecular formula is C24H20ClFN2O5S. The Balaban J connectivity index is 1.93. The fourth-order valence-electron chi connectivity index (χ4n) is 3.89. The molecule has 0 fully saturated rings. The van der Waals surface area contributed by atoms with E-state index in [2.05, 4.69) is 4.98 Å². The minimum Gasteiger partial charge on any atom is -0.504 e. The number of hydrogen-bond donors (Lipinski definition) is 2. The van der Waals surface area contributed by atoms with E-state index in [1.54, 1.807) is 20.8 Å². The Kier molecular flexibility index (Phi) is 6.33. The SMILES string of the molecule is CCOc1cc(C2C(C(=O)c3sc(C)nc3C)=C(O)C(=O)N2c2ccc(F)c(Cl)c2)ccc1O. The molecule has 2 N–H and O–H groups in total. The summed E-state index contributed by atoms with van der Waals surface area (Å²) in [5.74, 6) is -2.79. The fourth-order valence-corrected chi connectivity index (χ4v) is 4.94. The lowest BCUT2D eigenvalue weighted by atomic mass is 9.94. The Hall–Kier alpha value is -3.43. The normalized spacial score (nSPS) is 15.9. The van der Waals surface area contributed by atoms with Crippen LogP contribution in [-0.2, 0) is 4.79 Å². The lowest BCUT2D eigenvalue weighted by molar-refractivity contribution is -0.117. The molecule has 0 bridgehead atoms. The van der Waals surface area contributed by atoms with Gasteiger partial charge in [-0.05, 0) is 56.7 Å². The van der Waals surface area contributed by atoms with Gasteiger partial charge in [0.2, 0.25) is 5.78 Å². The second-order valence-electron chi connectivity index (χ2n) is 7.58. The van der Waals surface area contributed by atoms with Crippen LogP contribution in [0.15, 0.2) is 47.7 Å². The highest BCUT2D eigenvalue weighted by atomic mass is 35.5. The molecule has 176 valence electrons. The predicted molar refractivity (Wildman–Crippen MR) is 126 cm³/mol. The van der Waals surface area contributed by atoms with E-state index in [0.717, 1.165) is 17.4 Å². The summed E-state index contributed by atoms with van der Waals surface area (Å²) in [6, 6.07) is 6.96. The quantitative estimate of drug-likeness (QED) is 0.435. The molecule has 1 aliphatic heterocycles. The third-order valence-electron chi connectivity index (χ3n) is 5.34. The molecule has 1 amide bonds. The van der Waals surface area contributed by atoms with E-state index in [4.69, 9.17) is 16.3 Å². The summed E-state index contributed by atoms with van der Waals surface area (Å²) in [7, 11) is 0. The number of amides is 1. The Morgan fingerprint density at radius 2 is 1.97 bits per heavy atom. The lowest BCUT2D eigenvalue weighted by Crippen LogP contribution is -2.31. The number of ether oxygens (including phenoxy) is 1. The van der Waals surface area contributed by atoms with E-state index in [-0.39, 0.29) is 34.4 Å². The standard InChI is InChI=1S/C24H20ClFN2O5S/c1-4-33-18-9-13(5-8-17(18)29)20-19(21(30)23-11(2)27-12(3)34-23)22(31)24(32)28(20)14-6-7-16(26)15(25)10-14/h5-10,20,29,31H,4H2,1-3H3. The maximum atomic E-state index is 13.8. The molecule has 1 unspecified atom stereocenters. The molecule has 0 aliphatic carbocycles. The fraction of sp³-hybridized carbons (Fsp3) is 0.208. The molecule has 10 heteroatoms. The van der Waals surface area contributed by atoms with Gasteiger partial charge >= 0.3 is 0 Å². The van der Waals surface area contributed by atoms with Crippen molar-refractivity contribution >= 4 is 40.3 Å². The van der Waals surface area contributed by atoms with Gasteiger partial charge in [-0.15, -0.1) is 11.3 Å². The summed E-state index contributed by atoms with van der Waals surface area (Å²) in [6.07, 6.45) is 0. The molecule has 1 aromatic heterocycles. The van der Waals surface area contributed by atoms with E-state index in [1.807, 2.05) is 0 Å². The second-order valence-corrected chi connectivity index (χ2v) is 9.19. The van der Waals surface area contributed by atoms with Crippen LogP contribution in [0, 0.1) is 19.7 Å². The van der Waals surface area contributed by atoms with Crippen molar-refractivity contribution in [2.24, 2.45) is 0 Å². The number of phenolic OH excluding ortho intramolecular Hbond substituents is 1. The van der Waals surface area contributed by atoms with Gasteiger partial charge in [0, 0.05) is 5.69 Å². The first-order valence-corrected chi connectivity index (χ1v) is 11.5. The number of halogens is 2. The monoisotopic (exact) mass is 502 g/mol.